The van der Waals surface area contributed by atoms with Crippen LogP contribution in [0, 0.1) is 11.7 Å². The Labute approximate surface area is 140 Å². The zero-order valence-corrected chi connectivity index (χ0v) is 14.3. The molecule has 7 heteroatoms. The van der Waals surface area contributed by atoms with Crippen molar-refractivity contribution in [2.45, 2.75) is 39.7 Å². The fraction of sp³-hybridized carbons (Fsp3) is 0.471. The van der Waals surface area contributed by atoms with E-state index in [0.29, 0.717) is 11.5 Å². The molecule has 2 N–H and O–H groups in total. The Morgan fingerprint density at radius 2 is 2.04 bits per heavy atom. The molecule has 130 valence electrons. The lowest BCUT2D eigenvalue weighted by Gasteiger charge is -2.18. The van der Waals surface area contributed by atoms with E-state index in [1.807, 2.05) is 27.7 Å². The van der Waals surface area contributed by atoms with Gasteiger partial charge in [0.25, 0.3) is 5.91 Å². The molecule has 0 fully saturated rings. The summed E-state index contributed by atoms with van der Waals surface area (Å²) >= 11 is 0. The predicted molar refractivity (Wildman–Crippen MR) is 88.6 cm³/mol. The highest BCUT2D eigenvalue weighted by Crippen LogP contribution is 2.18. The van der Waals surface area contributed by atoms with E-state index in [1.54, 1.807) is 12.1 Å². The molecule has 1 heterocycles. The van der Waals surface area contributed by atoms with Gasteiger partial charge in [-0.25, -0.2) is 14.1 Å². The van der Waals surface area contributed by atoms with Crippen molar-refractivity contribution in [3.05, 3.63) is 41.7 Å². The third-order valence-electron chi connectivity index (χ3n) is 3.90. The van der Waals surface area contributed by atoms with Gasteiger partial charge in [0.05, 0.1) is 5.69 Å². The van der Waals surface area contributed by atoms with Gasteiger partial charge in [-0.1, -0.05) is 26.8 Å². The first-order chi connectivity index (χ1) is 11.3. The lowest BCUT2D eigenvalue weighted by atomic mass is 10.1. The zero-order chi connectivity index (χ0) is 17.9. The first-order valence-electron chi connectivity index (χ1n) is 7.98. The van der Waals surface area contributed by atoms with Crippen LogP contribution in [-0.4, -0.2) is 38.4 Å². The van der Waals surface area contributed by atoms with Crippen molar-refractivity contribution in [2.24, 2.45) is 5.92 Å². The molecule has 1 aromatic heterocycles. The van der Waals surface area contributed by atoms with Crippen LogP contribution < -0.4 is 5.32 Å². The number of nitrogens with one attached hydrogen (secondary N) is 1. The minimum Gasteiger partial charge on any atom is -0.396 e. The van der Waals surface area contributed by atoms with E-state index in [-0.39, 0.29) is 36.1 Å². The predicted octanol–water partition coefficient (Wildman–Crippen LogP) is 2.28. The van der Waals surface area contributed by atoms with Gasteiger partial charge in [0.2, 0.25) is 5.82 Å². The second kappa shape index (κ2) is 7.53. The smallest absolute Gasteiger partial charge is 0.291 e. The van der Waals surface area contributed by atoms with Crippen LogP contribution in [0.2, 0.25) is 0 Å². The average Bonchev–Trinajstić information content (AvgIpc) is 2.99. The molecule has 6 nitrogen and oxygen atoms in total. The molecule has 1 amide bonds. The van der Waals surface area contributed by atoms with Crippen LogP contribution in [0.1, 0.15) is 50.1 Å². The summed E-state index contributed by atoms with van der Waals surface area (Å²) in [7, 11) is 0. The van der Waals surface area contributed by atoms with E-state index in [0.717, 1.165) is 0 Å². The van der Waals surface area contributed by atoms with Crippen LogP contribution >= 0.6 is 0 Å². The highest BCUT2D eigenvalue weighted by atomic mass is 19.1. The molecule has 0 aliphatic rings. The number of halogens is 1. The molecule has 0 aliphatic heterocycles. The van der Waals surface area contributed by atoms with Gasteiger partial charge in [0, 0.05) is 18.6 Å². The number of carbonyl (C=O) groups excluding carboxylic acids is 1. The summed E-state index contributed by atoms with van der Waals surface area (Å²) in [5.74, 6) is -0.262. The number of aromatic nitrogens is 3. The molecule has 0 saturated heterocycles. The van der Waals surface area contributed by atoms with E-state index < -0.39 is 5.91 Å². The summed E-state index contributed by atoms with van der Waals surface area (Å²) in [4.78, 5) is 16.7. The normalized spacial score (nSPS) is 13.8. The van der Waals surface area contributed by atoms with E-state index in [9.17, 15) is 9.18 Å². The third kappa shape index (κ3) is 3.97. The van der Waals surface area contributed by atoms with E-state index in [2.05, 4.69) is 15.4 Å². The Balaban J connectivity index is 2.33. The van der Waals surface area contributed by atoms with Gasteiger partial charge in [-0.2, -0.15) is 0 Å². The number of rotatable bonds is 6. The Hall–Kier alpha value is -2.28. The monoisotopic (exact) mass is 334 g/mol. The first-order valence-corrected chi connectivity index (χ1v) is 7.98. The maximum absolute atomic E-state index is 13.5. The van der Waals surface area contributed by atoms with Gasteiger partial charge in [-0.3, -0.25) is 4.79 Å². The highest BCUT2D eigenvalue weighted by molar-refractivity contribution is 5.90. The molecule has 0 radical (unpaired) electrons. The standard InChI is InChI=1S/C17H23FN4O2/c1-10(2)16-20-15(17(24)19-12(4)11(3)9-23)21-22(16)14-7-5-6-13(18)8-14/h5-8,10-12,23H,9H2,1-4H3,(H,19,24). The summed E-state index contributed by atoms with van der Waals surface area (Å²) in [6.07, 6.45) is 0. The zero-order valence-electron chi connectivity index (χ0n) is 14.3. The van der Waals surface area contributed by atoms with Crippen molar-refractivity contribution in [3.8, 4) is 5.69 Å². The molecule has 0 saturated carbocycles. The maximum Gasteiger partial charge on any atom is 0.291 e. The quantitative estimate of drug-likeness (QED) is 0.849. The van der Waals surface area contributed by atoms with Crippen molar-refractivity contribution >= 4 is 5.91 Å². The summed E-state index contributed by atoms with van der Waals surface area (Å²) in [6, 6.07) is 5.77. The van der Waals surface area contributed by atoms with Crippen LogP contribution in [0.15, 0.2) is 24.3 Å². The van der Waals surface area contributed by atoms with E-state index in [1.165, 1.54) is 16.8 Å². The Bertz CT molecular complexity index is 714. The Kier molecular flexibility index (Phi) is 5.66. The first kappa shape index (κ1) is 18.1. The molecule has 2 aromatic rings. The van der Waals surface area contributed by atoms with E-state index >= 15 is 0 Å². The van der Waals surface area contributed by atoms with Crippen molar-refractivity contribution in [1.82, 2.24) is 20.1 Å². The Morgan fingerprint density at radius 3 is 2.62 bits per heavy atom. The maximum atomic E-state index is 13.5. The third-order valence-corrected chi connectivity index (χ3v) is 3.90. The molecule has 2 unspecified atom stereocenters. The van der Waals surface area contributed by atoms with Gasteiger partial charge in [0.1, 0.15) is 11.6 Å². The van der Waals surface area contributed by atoms with Crippen molar-refractivity contribution < 1.29 is 14.3 Å². The summed E-state index contributed by atoms with van der Waals surface area (Å²) in [5, 5.41) is 16.2. The second-order valence-corrected chi connectivity index (χ2v) is 6.26. The minimum atomic E-state index is -0.417. The lowest BCUT2D eigenvalue weighted by Crippen LogP contribution is -2.38. The largest absolute Gasteiger partial charge is 0.396 e. The van der Waals surface area contributed by atoms with Gasteiger partial charge >= 0.3 is 0 Å². The molecule has 2 atom stereocenters. The van der Waals surface area contributed by atoms with Crippen LogP contribution in [-0.2, 0) is 0 Å². The number of carbonyl (C=O) groups is 1. The number of benzene rings is 1. The van der Waals surface area contributed by atoms with Crippen molar-refractivity contribution in [1.29, 1.82) is 0 Å². The fourth-order valence-electron chi connectivity index (χ4n) is 2.16. The highest BCUT2D eigenvalue weighted by Gasteiger charge is 2.22. The lowest BCUT2D eigenvalue weighted by molar-refractivity contribution is 0.0905. The van der Waals surface area contributed by atoms with E-state index in [4.69, 9.17) is 5.11 Å². The number of aliphatic hydroxyl groups excluding tert-OH is 1. The van der Waals surface area contributed by atoms with Gasteiger partial charge < -0.3 is 10.4 Å². The topological polar surface area (TPSA) is 80.0 Å². The van der Waals surface area contributed by atoms with Crippen molar-refractivity contribution in [2.75, 3.05) is 6.61 Å². The molecule has 2 rings (SSSR count). The summed E-state index contributed by atoms with van der Waals surface area (Å²) < 4.78 is 15.0. The molecule has 24 heavy (non-hydrogen) atoms. The second-order valence-electron chi connectivity index (χ2n) is 6.26. The van der Waals surface area contributed by atoms with Crippen LogP contribution in [0.5, 0.6) is 0 Å². The molecule has 0 aliphatic carbocycles. The van der Waals surface area contributed by atoms with Gasteiger partial charge in [0.15, 0.2) is 0 Å². The molecule has 0 bridgehead atoms. The van der Waals surface area contributed by atoms with Gasteiger partial charge in [-0.15, -0.1) is 5.10 Å². The average molecular weight is 334 g/mol. The molecular formula is C17H23FN4O2. The number of nitrogens with zero attached hydrogens (tertiary/aromatic N) is 3. The minimum absolute atomic E-state index is 0.0103. The summed E-state index contributed by atoms with van der Waals surface area (Å²) in [6.45, 7) is 7.48. The van der Waals surface area contributed by atoms with Gasteiger partial charge in [-0.05, 0) is 31.0 Å². The van der Waals surface area contributed by atoms with Crippen molar-refractivity contribution in [3.63, 3.8) is 0 Å². The Morgan fingerprint density at radius 1 is 1.33 bits per heavy atom. The molecule has 0 spiro atoms. The van der Waals surface area contributed by atoms with Crippen LogP contribution in [0.25, 0.3) is 5.69 Å². The SMILES string of the molecule is CC(C)c1nc(C(=O)NC(C)C(C)CO)nn1-c1cccc(F)c1. The number of amides is 1. The number of aliphatic hydroxyl groups is 1. The number of hydrogen-bond donors (Lipinski definition) is 2. The van der Waals surface area contributed by atoms with Crippen LogP contribution in [0.4, 0.5) is 4.39 Å². The summed E-state index contributed by atoms with van der Waals surface area (Å²) in [5.41, 5.74) is 0.516. The number of hydrogen-bond acceptors (Lipinski definition) is 4. The molecular weight excluding hydrogens is 311 g/mol. The molecule has 1 aromatic carbocycles. The van der Waals surface area contributed by atoms with Crippen LogP contribution in [0.3, 0.4) is 0 Å². The fourth-order valence-corrected chi connectivity index (χ4v) is 2.16.